The number of ether oxygens (including phenoxy) is 1. The van der Waals surface area contributed by atoms with Gasteiger partial charge in [-0.2, -0.15) is 0 Å². The molecule has 0 unspecified atom stereocenters. The van der Waals surface area contributed by atoms with Crippen molar-refractivity contribution in [3.05, 3.63) is 62.7 Å². The molecule has 0 spiro atoms. The van der Waals surface area contributed by atoms with Crippen LogP contribution in [0.25, 0.3) is 11.0 Å². The van der Waals surface area contributed by atoms with Crippen LogP contribution in [0, 0.1) is 12.7 Å². The third kappa shape index (κ3) is 3.43. The van der Waals surface area contributed by atoms with Crippen LogP contribution in [0.4, 0.5) is 10.1 Å². The Kier molecular flexibility index (Phi) is 4.76. The Morgan fingerprint density at radius 1 is 1.19 bits per heavy atom. The van der Waals surface area contributed by atoms with E-state index in [1.165, 1.54) is 49.1 Å². The predicted octanol–water partition coefficient (Wildman–Crippen LogP) is 1.10. The van der Waals surface area contributed by atoms with Crippen molar-refractivity contribution in [2.75, 3.05) is 11.9 Å². The molecule has 0 aliphatic carbocycles. The number of aromatic nitrogens is 3. The molecular formula is C18H17FN4O4. The molecule has 0 saturated heterocycles. The lowest BCUT2D eigenvalue weighted by Gasteiger charge is -2.14. The summed E-state index contributed by atoms with van der Waals surface area (Å²) >= 11 is 0. The summed E-state index contributed by atoms with van der Waals surface area (Å²) < 4.78 is 20.4. The van der Waals surface area contributed by atoms with Crippen molar-refractivity contribution in [3.63, 3.8) is 0 Å². The number of aryl methyl sites for hydroxylation is 2. The number of nitrogens with zero attached hydrogens (tertiary/aromatic N) is 3. The van der Waals surface area contributed by atoms with E-state index in [-0.39, 0.29) is 23.3 Å². The van der Waals surface area contributed by atoms with Gasteiger partial charge in [-0.25, -0.2) is 14.2 Å². The minimum Gasteiger partial charge on any atom is -0.484 e. The van der Waals surface area contributed by atoms with Crippen LogP contribution in [0.2, 0.25) is 0 Å². The van der Waals surface area contributed by atoms with Gasteiger partial charge in [0.05, 0.1) is 5.69 Å². The maximum atomic E-state index is 12.9. The number of amides is 1. The Balaban J connectivity index is 1.93. The molecule has 0 aliphatic rings. The van der Waals surface area contributed by atoms with Crippen LogP contribution < -0.4 is 21.3 Å². The predicted molar refractivity (Wildman–Crippen MR) is 97.5 cm³/mol. The zero-order valence-electron chi connectivity index (χ0n) is 14.9. The van der Waals surface area contributed by atoms with Crippen molar-refractivity contribution >= 4 is 22.6 Å². The number of hydrogen-bond donors (Lipinski definition) is 1. The SMILES string of the molecule is Cc1cnc2c(c1NC(=O)COc1ccc(F)cc1)c(=O)n(C)c(=O)n2C. The zero-order chi connectivity index (χ0) is 19.7. The molecule has 0 radical (unpaired) electrons. The first-order chi connectivity index (χ1) is 12.8. The van der Waals surface area contributed by atoms with Crippen molar-refractivity contribution in [3.8, 4) is 5.75 Å². The standard InChI is InChI=1S/C18H17FN4O4/c1-10-8-20-16-14(17(25)23(3)18(26)22(16)2)15(10)21-13(24)9-27-12-6-4-11(19)5-7-12/h4-8H,9H2,1-3H3,(H,20,21,24). The summed E-state index contributed by atoms with van der Waals surface area (Å²) in [6, 6.07) is 5.25. The maximum Gasteiger partial charge on any atom is 0.332 e. The van der Waals surface area contributed by atoms with Crippen LogP contribution in [-0.4, -0.2) is 26.6 Å². The number of halogens is 1. The Morgan fingerprint density at radius 3 is 2.52 bits per heavy atom. The summed E-state index contributed by atoms with van der Waals surface area (Å²) in [5, 5.41) is 2.78. The topological polar surface area (TPSA) is 95.2 Å². The number of pyridine rings is 1. The summed E-state index contributed by atoms with van der Waals surface area (Å²) in [6.07, 6.45) is 1.47. The van der Waals surface area contributed by atoms with E-state index in [4.69, 9.17) is 4.74 Å². The lowest BCUT2D eigenvalue weighted by atomic mass is 10.2. The molecule has 8 nitrogen and oxygen atoms in total. The van der Waals surface area contributed by atoms with Crippen LogP contribution in [0.1, 0.15) is 5.56 Å². The van der Waals surface area contributed by atoms with E-state index in [2.05, 4.69) is 10.3 Å². The molecular weight excluding hydrogens is 355 g/mol. The van der Waals surface area contributed by atoms with Gasteiger partial charge in [-0.05, 0) is 36.8 Å². The number of hydrogen-bond acceptors (Lipinski definition) is 5. The van der Waals surface area contributed by atoms with E-state index < -0.39 is 23.0 Å². The van der Waals surface area contributed by atoms with Crippen molar-refractivity contribution in [2.24, 2.45) is 14.1 Å². The lowest BCUT2D eigenvalue weighted by molar-refractivity contribution is -0.118. The molecule has 1 aromatic carbocycles. The van der Waals surface area contributed by atoms with Gasteiger partial charge in [0.25, 0.3) is 11.5 Å². The van der Waals surface area contributed by atoms with E-state index in [9.17, 15) is 18.8 Å². The second kappa shape index (κ2) is 7.02. The molecule has 3 aromatic rings. The first kappa shape index (κ1) is 18.3. The highest BCUT2D eigenvalue weighted by Gasteiger charge is 2.17. The number of anilines is 1. The van der Waals surface area contributed by atoms with E-state index in [0.717, 1.165) is 4.57 Å². The van der Waals surface area contributed by atoms with Crippen LogP contribution in [0.15, 0.2) is 40.1 Å². The molecule has 0 aliphatic heterocycles. The van der Waals surface area contributed by atoms with Gasteiger partial charge in [0.15, 0.2) is 12.3 Å². The molecule has 1 N–H and O–H groups in total. The average molecular weight is 372 g/mol. The van der Waals surface area contributed by atoms with Crippen LogP contribution in [0.3, 0.4) is 0 Å². The highest BCUT2D eigenvalue weighted by atomic mass is 19.1. The van der Waals surface area contributed by atoms with Crippen molar-refractivity contribution in [1.82, 2.24) is 14.1 Å². The Hall–Kier alpha value is -3.49. The van der Waals surface area contributed by atoms with Gasteiger partial charge in [0, 0.05) is 20.3 Å². The fraction of sp³-hybridized carbons (Fsp3) is 0.222. The van der Waals surface area contributed by atoms with E-state index in [0.29, 0.717) is 11.3 Å². The number of nitrogens with one attached hydrogen (secondary N) is 1. The number of carbonyl (C=O) groups is 1. The summed E-state index contributed by atoms with van der Waals surface area (Å²) in [5.74, 6) is -0.584. The Labute approximate surface area is 152 Å². The third-order valence-electron chi connectivity index (χ3n) is 4.11. The second-order valence-electron chi connectivity index (χ2n) is 6.01. The van der Waals surface area contributed by atoms with Gasteiger partial charge in [-0.15, -0.1) is 0 Å². The normalized spacial score (nSPS) is 10.8. The van der Waals surface area contributed by atoms with Crippen LogP contribution in [0.5, 0.6) is 5.75 Å². The summed E-state index contributed by atoms with van der Waals surface area (Å²) in [7, 11) is 2.85. The van der Waals surface area contributed by atoms with Crippen molar-refractivity contribution in [1.29, 1.82) is 0 Å². The fourth-order valence-corrected chi connectivity index (χ4v) is 2.64. The monoisotopic (exact) mass is 372 g/mol. The molecule has 1 amide bonds. The first-order valence-electron chi connectivity index (χ1n) is 8.03. The summed E-state index contributed by atoms with van der Waals surface area (Å²) in [5.41, 5.74) is -0.0689. The van der Waals surface area contributed by atoms with Gasteiger partial charge in [-0.1, -0.05) is 0 Å². The zero-order valence-corrected chi connectivity index (χ0v) is 14.9. The lowest BCUT2D eigenvalue weighted by Crippen LogP contribution is -2.38. The average Bonchev–Trinajstić information content (AvgIpc) is 2.65. The highest BCUT2D eigenvalue weighted by Crippen LogP contribution is 2.21. The quantitative estimate of drug-likeness (QED) is 0.740. The molecule has 140 valence electrons. The summed E-state index contributed by atoms with van der Waals surface area (Å²) in [6.45, 7) is 1.36. The van der Waals surface area contributed by atoms with Gasteiger partial charge >= 0.3 is 5.69 Å². The van der Waals surface area contributed by atoms with E-state index >= 15 is 0 Å². The smallest absolute Gasteiger partial charge is 0.332 e. The molecule has 0 bridgehead atoms. The number of rotatable bonds is 4. The largest absolute Gasteiger partial charge is 0.484 e. The Bertz CT molecular complexity index is 1150. The molecule has 0 saturated carbocycles. The number of carbonyl (C=O) groups excluding carboxylic acids is 1. The first-order valence-corrected chi connectivity index (χ1v) is 8.03. The van der Waals surface area contributed by atoms with Crippen molar-refractivity contribution in [2.45, 2.75) is 6.92 Å². The minimum absolute atomic E-state index is 0.134. The highest BCUT2D eigenvalue weighted by molar-refractivity contribution is 6.01. The molecule has 2 heterocycles. The number of fused-ring (bicyclic) bond motifs is 1. The van der Waals surface area contributed by atoms with Crippen molar-refractivity contribution < 1.29 is 13.9 Å². The molecule has 2 aromatic heterocycles. The second-order valence-corrected chi connectivity index (χ2v) is 6.01. The fourth-order valence-electron chi connectivity index (χ4n) is 2.64. The number of benzene rings is 1. The molecule has 9 heteroatoms. The van der Waals surface area contributed by atoms with Gasteiger partial charge in [-0.3, -0.25) is 18.7 Å². The molecule has 27 heavy (non-hydrogen) atoms. The third-order valence-corrected chi connectivity index (χ3v) is 4.11. The minimum atomic E-state index is -0.556. The Morgan fingerprint density at radius 2 is 1.85 bits per heavy atom. The van der Waals surface area contributed by atoms with Gasteiger partial charge in [0.1, 0.15) is 17.0 Å². The van der Waals surface area contributed by atoms with E-state index in [1.807, 2.05) is 0 Å². The molecule has 3 rings (SSSR count). The van der Waals surface area contributed by atoms with Gasteiger partial charge < -0.3 is 10.1 Å². The van der Waals surface area contributed by atoms with E-state index in [1.54, 1.807) is 6.92 Å². The molecule has 0 atom stereocenters. The van der Waals surface area contributed by atoms with Gasteiger partial charge in [0.2, 0.25) is 0 Å². The molecule has 0 fully saturated rings. The van der Waals surface area contributed by atoms with Crippen LogP contribution >= 0.6 is 0 Å². The summed E-state index contributed by atoms with van der Waals surface area (Å²) in [4.78, 5) is 41.0. The maximum absolute atomic E-state index is 12.9. The van der Waals surface area contributed by atoms with Crippen LogP contribution in [-0.2, 0) is 18.9 Å².